The van der Waals surface area contributed by atoms with Crippen molar-refractivity contribution in [2.45, 2.75) is 37.0 Å². The van der Waals surface area contributed by atoms with Crippen LogP contribution >= 0.6 is 11.8 Å². The molecule has 0 saturated heterocycles. The van der Waals surface area contributed by atoms with Crippen molar-refractivity contribution in [2.24, 2.45) is 0 Å². The van der Waals surface area contributed by atoms with Crippen molar-refractivity contribution >= 4 is 22.8 Å². The molecule has 0 spiro atoms. The minimum Gasteiger partial charge on any atom is -0.339 e. The number of thioether (sulfide) groups is 1. The first-order chi connectivity index (χ1) is 12.9. The molecule has 0 radical (unpaired) electrons. The van der Waals surface area contributed by atoms with Crippen LogP contribution in [0, 0.1) is 5.82 Å². The van der Waals surface area contributed by atoms with E-state index in [2.05, 4.69) is 25.2 Å². The van der Waals surface area contributed by atoms with Gasteiger partial charge in [0.25, 0.3) is 0 Å². The summed E-state index contributed by atoms with van der Waals surface area (Å²) in [6.07, 6.45) is 3.20. The molecule has 0 atom stereocenters. The van der Waals surface area contributed by atoms with E-state index in [1.54, 1.807) is 23.0 Å². The lowest BCUT2D eigenvalue weighted by atomic mass is 9.97. The molecule has 4 rings (SSSR count). The molecule has 138 valence electrons. The fraction of sp³-hybridized carbons (Fsp3) is 0.278. The molecule has 0 amide bonds. The maximum atomic E-state index is 13.2. The molecule has 7 nitrogen and oxygen atoms in total. The molecule has 0 unspecified atom stereocenters. The summed E-state index contributed by atoms with van der Waals surface area (Å²) in [5.41, 5.74) is 1.20. The average molecular weight is 384 g/mol. The first-order valence-electron chi connectivity index (χ1n) is 8.32. The zero-order valence-electron chi connectivity index (χ0n) is 15.0. The van der Waals surface area contributed by atoms with Crippen LogP contribution in [0.1, 0.15) is 32.5 Å². The Bertz CT molecular complexity index is 1080. The predicted molar refractivity (Wildman–Crippen MR) is 99.2 cm³/mol. The molecule has 1 aromatic carbocycles. The number of aromatic nitrogens is 6. The number of fused-ring (bicyclic) bond motifs is 1. The third kappa shape index (κ3) is 3.55. The molecular weight excluding hydrogens is 367 g/mol. The van der Waals surface area contributed by atoms with Crippen LogP contribution in [0.2, 0.25) is 0 Å². The van der Waals surface area contributed by atoms with Gasteiger partial charge in [0.15, 0.2) is 11.5 Å². The Morgan fingerprint density at radius 2 is 1.93 bits per heavy atom. The minimum atomic E-state index is -0.296. The van der Waals surface area contributed by atoms with E-state index >= 15 is 0 Å². The van der Waals surface area contributed by atoms with Gasteiger partial charge in [-0.15, -0.1) is 0 Å². The number of nitrogens with zero attached hydrogens (tertiary/aromatic N) is 6. The second-order valence-corrected chi connectivity index (χ2v) is 7.97. The number of hydrogen-bond donors (Lipinski definition) is 0. The summed E-state index contributed by atoms with van der Waals surface area (Å²) in [6.45, 7) is 6.07. The van der Waals surface area contributed by atoms with Crippen molar-refractivity contribution < 1.29 is 8.91 Å². The smallest absolute Gasteiger partial charge is 0.232 e. The van der Waals surface area contributed by atoms with E-state index in [-0.39, 0.29) is 11.2 Å². The highest BCUT2D eigenvalue weighted by Gasteiger charge is 2.22. The largest absolute Gasteiger partial charge is 0.339 e. The Morgan fingerprint density at radius 3 is 2.63 bits per heavy atom. The van der Waals surface area contributed by atoms with Gasteiger partial charge in [-0.25, -0.2) is 19.0 Å². The van der Waals surface area contributed by atoms with Crippen LogP contribution in [0.3, 0.4) is 0 Å². The molecule has 0 aliphatic heterocycles. The molecule has 0 saturated carbocycles. The van der Waals surface area contributed by atoms with E-state index < -0.39 is 0 Å². The topological polar surface area (TPSA) is 82.5 Å². The number of hydrogen-bond acceptors (Lipinski definition) is 7. The van der Waals surface area contributed by atoms with Crippen molar-refractivity contribution in [3.8, 4) is 5.69 Å². The SMILES string of the molecule is CC(C)(C)c1nc(CSc2ncnc3c2cnn3-c2ccc(F)cc2)no1. The third-order valence-electron chi connectivity index (χ3n) is 3.85. The zero-order valence-corrected chi connectivity index (χ0v) is 15.9. The normalized spacial score (nSPS) is 12.0. The summed E-state index contributed by atoms with van der Waals surface area (Å²) in [5.74, 6) is 1.45. The molecule has 0 aliphatic rings. The maximum Gasteiger partial charge on any atom is 0.232 e. The third-order valence-corrected chi connectivity index (χ3v) is 4.85. The van der Waals surface area contributed by atoms with Gasteiger partial charge in [0.05, 0.1) is 23.0 Å². The number of rotatable bonds is 4. The molecule has 0 aliphatic carbocycles. The van der Waals surface area contributed by atoms with Crippen LogP contribution in [0.15, 0.2) is 46.3 Å². The van der Waals surface area contributed by atoms with E-state index in [0.717, 1.165) is 16.1 Å². The first kappa shape index (κ1) is 17.6. The molecule has 0 fully saturated rings. The minimum absolute atomic E-state index is 0.186. The lowest BCUT2D eigenvalue weighted by Gasteiger charge is -2.10. The van der Waals surface area contributed by atoms with Gasteiger partial charge in [-0.1, -0.05) is 37.7 Å². The van der Waals surface area contributed by atoms with Gasteiger partial charge in [-0.2, -0.15) is 10.1 Å². The van der Waals surface area contributed by atoms with E-state index in [9.17, 15) is 4.39 Å². The Morgan fingerprint density at radius 1 is 1.15 bits per heavy atom. The van der Waals surface area contributed by atoms with Gasteiger partial charge >= 0.3 is 0 Å². The molecule has 4 aromatic rings. The molecule has 0 bridgehead atoms. The van der Waals surface area contributed by atoms with Crippen LogP contribution in [0.5, 0.6) is 0 Å². The molecular formula is C18H17FN6OS. The molecule has 3 aromatic heterocycles. The summed E-state index contributed by atoms with van der Waals surface area (Å²) in [4.78, 5) is 13.1. The summed E-state index contributed by atoms with van der Waals surface area (Å²) in [7, 11) is 0. The highest BCUT2D eigenvalue weighted by Crippen LogP contribution is 2.28. The first-order valence-corrected chi connectivity index (χ1v) is 9.31. The van der Waals surface area contributed by atoms with Crippen molar-refractivity contribution in [2.75, 3.05) is 0 Å². The zero-order chi connectivity index (χ0) is 19.0. The van der Waals surface area contributed by atoms with E-state index in [0.29, 0.717) is 23.1 Å². The van der Waals surface area contributed by atoms with Crippen molar-refractivity contribution in [1.29, 1.82) is 0 Å². The molecule has 27 heavy (non-hydrogen) atoms. The van der Waals surface area contributed by atoms with Crippen molar-refractivity contribution in [3.63, 3.8) is 0 Å². The number of halogens is 1. The fourth-order valence-electron chi connectivity index (χ4n) is 2.46. The highest BCUT2D eigenvalue weighted by molar-refractivity contribution is 7.98. The van der Waals surface area contributed by atoms with Crippen LogP contribution in [-0.2, 0) is 11.2 Å². The van der Waals surface area contributed by atoms with Crippen LogP contribution in [0.4, 0.5) is 4.39 Å². The van der Waals surface area contributed by atoms with Crippen LogP contribution < -0.4 is 0 Å². The summed E-state index contributed by atoms with van der Waals surface area (Å²) >= 11 is 1.49. The fourth-order valence-corrected chi connectivity index (χ4v) is 3.26. The molecule has 0 N–H and O–H groups in total. The van der Waals surface area contributed by atoms with Crippen molar-refractivity contribution in [3.05, 3.63) is 54.3 Å². The van der Waals surface area contributed by atoms with E-state index in [4.69, 9.17) is 4.52 Å². The maximum absolute atomic E-state index is 13.2. The lowest BCUT2D eigenvalue weighted by molar-refractivity contribution is 0.319. The Balaban J connectivity index is 1.60. The lowest BCUT2D eigenvalue weighted by Crippen LogP contribution is -2.11. The number of benzene rings is 1. The highest BCUT2D eigenvalue weighted by atomic mass is 32.2. The van der Waals surface area contributed by atoms with Gasteiger partial charge in [0.1, 0.15) is 17.2 Å². The molecule has 9 heteroatoms. The predicted octanol–water partition coefficient (Wildman–Crippen LogP) is 3.93. The van der Waals surface area contributed by atoms with Crippen LogP contribution in [0.25, 0.3) is 16.7 Å². The van der Waals surface area contributed by atoms with E-state index in [1.165, 1.54) is 30.2 Å². The van der Waals surface area contributed by atoms with Gasteiger partial charge in [-0.05, 0) is 24.3 Å². The summed E-state index contributed by atoms with van der Waals surface area (Å²) in [5, 5.41) is 9.99. The van der Waals surface area contributed by atoms with Gasteiger partial charge in [-0.3, -0.25) is 0 Å². The summed E-state index contributed by atoms with van der Waals surface area (Å²) < 4.78 is 20.1. The Hall–Kier alpha value is -2.81. The Kier molecular flexibility index (Phi) is 4.39. The Labute approximate surface area is 159 Å². The van der Waals surface area contributed by atoms with Crippen molar-refractivity contribution in [1.82, 2.24) is 29.9 Å². The monoisotopic (exact) mass is 384 g/mol. The second-order valence-electron chi connectivity index (χ2n) is 7.00. The van der Waals surface area contributed by atoms with Crippen LogP contribution in [-0.4, -0.2) is 29.9 Å². The van der Waals surface area contributed by atoms with E-state index in [1.807, 2.05) is 20.8 Å². The van der Waals surface area contributed by atoms with Gasteiger partial charge in [0, 0.05) is 5.41 Å². The van der Waals surface area contributed by atoms with Gasteiger partial charge in [0.2, 0.25) is 5.89 Å². The molecule has 3 heterocycles. The standard InChI is InChI=1S/C18H17FN6OS/c1-18(2,3)17-23-14(24-26-17)9-27-16-13-8-22-25(15(13)20-10-21-16)12-6-4-11(19)5-7-12/h4-8,10H,9H2,1-3H3. The quantitative estimate of drug-likeness (QED) is 0.389. The summed E-state index contributed by atoms with van der Waals surface area (Å²) in [6, 6.07) is 6.10. The average Bonchev–Trinajstić information content (AvgIpc) is 3.28. The second kappa shape index (κ2) is 6.73. The van der Waals surface area contributed by atoms with Gasteiger partial charge < -0.3 is 4.52 Å².